The lowest BCUT2D eigenvalue weighted by Crippen LogP contribution is -1.86. The molecular weight excluding hydrogens is 164 g/mol. The zero-order valence-corrected chi connectivity index (χ0v) is 6.59. The van der Waals surface area contributed by atoms with E-state index in [1.54, 1.807) is 19.2 Å². The van der Waals surface area contributed by atoms with E-state index in [2.05, 4.69) is 9.72 Å². The molecule has 0 unspecified atom stereocenters. The summed E-state index contributed by atoms with van der Waals surface area (Å²) >= 11 is 5.59. The van der Waals surface area contributed by atoms with Gasteiger partial charge in [0.05, 0.1) is 0 Å². The topological polar surface area (TPSA) is 45.9 Å². The second-order valence-electron chi connectivity index (χ2n) is 1.96. The zero-order valence-electron chi connectivity index (χ0n) is 5.84. The predicted octanol–water partition coefficient (Wildman–Crippen LogP) is 1.90. The SMILES string of the molecule is Cc1cc(OC#N)cc(Cl)n1. The van der Waals surface area contributed by atoms with Gasteiger partial charge < -0.3 is 4.74 Å². The Balaban J connectivity index is 3.01. The van der Waals surface area contributed by atoms with Crippen molar-refractivity contribution in [3.63, 3.8) is 0 Å². The first kappa shape index (κ1) is 7.83. The minimum absolute atomic E-state index is 0.329. The van der Waals surface area contributed by atoms with E-state index in [4.69, 9.17) is 16.9 Å². The van der Waals surface area contributed by atoms with Crippen molar-refractivity contribution in [1.29, 1.82) is 5.26 Å². The molecule has 4 heteroatoms. The number of hydrogen-bond donors (Lipinski definition) is 0. The van der Waals surface area contributed by atoms with Crippen LogP contribution in [0.4, 0.5) is 0 Å². The highest BCUT2D eigenvalue weighted by Crippen LogP contribution is 2.16. The fourth-order valence-electron chi connectivity index (χ4n) is 0.710. The van der Waals surface area contributed by atoms with Gasteiger partial charge in [-0.3, -0.25) is 0 Å². The lowest BCUT2D eigenvalue weighted by Gasteiger charge is -1.97. The largest absolute Gasteiger partial charge is 0.388 e. The lowest BCUT2D eigenvalue weighted by atomic mass is 10.4. The minimum atomic E-state index is 0.329. The van der Waals surface area contributed by atoms with Crippen LogP contribution in [0.15, 0.2) is 12.1 Å². The lowest BCUT2D eigenvalue weighted by molar-refractivity contribution is 0.506. The first-order valence-electron chi connectivity index (χ1n) is 2.92. The number of nitriles is 1. The number of aryl methyl sites for hydroxylation is 1. The first-order valence-corrected chi connectivity index (χ1v) is 3.30. The summed E-state index contributed by atoms with van der Waals surface area (Å²) < 4.78 is 4.55. The molecule has 0 atom stereocenters. The number of hydrogen-bond acceptors (Lipinski definition) is 3. The molecule has 0 saturated carbocycles. The van der Waals surface area contributed by atoms with E-state index in [-0.39, 0.29) is 0 Å². The average molecular weight is 169 g/mol. The first-order chi connectivity index (χ1) is 5.22. The highest BCUT2D eigenvalue weighted by Gasteiger charge is 1.97. The molecular formula is C7H5ClN2O. The number of rotatable bonds is 1. The molecule has 1 aromatic heterocycles. The Kier molecular flexibility index (Phi) is 2.29. The predicted molar refractivity (Wildman–Crippen MR) is 40.2 cm³/mol. The van der Waals surface area contributed by atoms with Gasteiger partial charge in [0.25, 0.3) is 6.26 Å². The van der Waals surface area contributed by atoms with Crippen LogP contribution >= 0.6 is 11.6 Å². The summed E-state index contributed by atoms with van der Waals surface area (Å²) in [5.74, 6) is 0.421. The van der Waals surface area contributed by atoms with E-state index >= 15 is 0 Å². The van der Waals surface area contributed by atoms with E-state index in [9.17, 15) is 0 Å². The summed E-state index contributed by atoms with van der Waals surface area (Å²) in [4.78, 5) is 3.89. The molecule has 3 nitrogen and oxygen atoms in total. The van der Waals surface area contributed by atoms with Gasteiger partial charge in [-0.2, -0.15) is 0 Å². The van der Waals surface area contributed by atoms with Gasteiger partial charge >= 0.3 is 0 Å². The van der Waals surface area contributed by atoms with E-state index in [1.807, 2.05) is 0 Å². The molecule has 1 rings (SSSR count). The van der Waals surface area contributed by atoms with Crippen LogP contribution in [0.2, 0.25) is 5.15 Å². The van der Waals surface area contributed by atoms with E-state index in [0.29, 0.717) is 10.9 Å². The summed E-state index contributed by atoms with van der Waals surface area (Å²) in [5.41, 5.74) is 0.725. The summed E-state index contributed by atoms with van der Waals surface area (Å²) in [7, 11) is 0. The third-order valence-corrected chi connectivity index (χ3v) is 1.25. The Bertz CT molecular complexity index is 286. The molecule has 11 heavy (non-hydrogen) atoms. The van der Waals surface area contributed by atoms with Crippen LogP contribution in [0.25, 0.3) is 0 Å². The Hall–Kier alpha value is -1.27. The monoisotopic (exact) mass is 168 g/mol. The Morgan fingerprint density at radius 1 is 1.64 bits per heavy atom. The molecule has 0 fully saturated rings. The van der Waals surface area contributed by atoms with Gasteiger partial charge in [0.1, 0.15) is 10.9 Å². The Morgan fingerprint density at radius 3 is 2.91 bits per heavy atom. The van der Waals surface area contributed by atoms with Crippen LogP contribution in [-0.4, -0.2) is 4.98 Å². The zero-order chi connectivity index (χ0) is 8.27. The number of pyridine rings is 1. The molecule has 1 aromatic rings. The average Bonchev–Trinajstić information content (AvgIpc) is 1.85. The van der Waals surface area contributed by atoms with Crippen LogP contribution in [0.3, 0.4) is 0 Å². The van der Waals surface area contributed by atoms with Crippen molar-refractivity contribution < 1.29 is 4.74 Å². The maximum absolute atomic E-state index is 8.17. The van der Waals surface area contributed by atoms with E-state index in [1.165, 1.54) is 6.07 Å². The molecule has 0 aliphatic carbocycles. The second-order valence-corrected chi connectivity index (χ2v) is 2.35. The number of nitrogens with zero attached hydrogens (tertiary/aromatic N) is 2. The van der Waals surface area contributed by atoms with Gasteiger partial charge in [-0.25, -0.2) is 4.98 Å². The summed E-state index contributed by atoms with van der Waals surface area (Å²) in [6.07, 6.45) is 1.55. The quantitative estimate of drug-likeness (QED) is 0.475. The molecule has 1 heterocycles. The van der Waals surface area contributed by atoms with Gasteiger partial charge in [-0.15, -0.1) is 5.26 Å². The van der Waals surface area contributed by atoms with Crippen molar-refractivity contribution in [3.8, 4) is 12.0 Å². The molecule has 0 spiro atoms. The molecule has 0 aliphatic rings. The molecule has 0 radical (unpaired) electrons. The van der Waals surface area contributed by atoms with Crippen LogP contribution in [0.5, 0.6) is 5.75 Å². The van der Waals surface area contributed by atoms with Crippen molar-refractivity contribution in [1.82, 2.24) is 4.98 Å². The van der Waals surface area contributed by atoms with Gasteiger partial charge in [-0.05, 0) is 6.92 Å². The molecule has 0 amide bonds. The Labute approximate surface area is 69.2 Å². The standard InChI is InChI=1S/C7H5ClN2O/c1-5-2-6(11-4-9)3-7(8)10-5/h2-3H,1H3. The van der Waals surface area contributed by atoms with Crippen molar-refractivity contribution in [2.24, 2.45) is 0 Å². The van der Waals surface area contributed by atoms with Crippen LogP contribution in [0, 0.1) is 18.4 Å². The third-order valence-electron chi connectivity index (χ3n) is 1.06. The maximum atomic E-state index is 8.17. The normalized spacial score (nSPS) is 8.82. The third kappa shape index (κ3) is 2.10. The summed E-state index contributed by atoms with van der Waals surface area (Å²) in [5, 5.41) is 8.49. The van der Waals surface area contributed by atoms with Gasteiger partial charge in [0.15, 0.2) is 0 Å². The second kappa shape index (κ2) is 3.22. The fraction of sp³-hybridized carbons (Fsp3) is 0.143. The number of halogens is 1. The highest BCUT2D eigenvalue weighted by molar-refractivity contribution is 6.29. The fourth-order valence-corrected chi connectivity index (χ4v) is 0.950. The van der Waals surface area contributed by atoms with E-state index < -0.39 is 0 Å². The van der Waals surface area contributed by atoms with Crippen LogP contribution < -0.4 is 4.74 Å². The van der Waals surface area contributed by atoms with Crippen molar-refractivity contribution in [3.05, 3.63) is 23.0 Å². The molecule has 56 valence electrons. The van der Waals surface area contributed by atoms with Gasteiger partial charge in [0.2, 0.25) is 0 Å². The summed E-state index contributed by atoms with van der Waals surface area (Å²) in [6, 6.07) is 3.12. The molecule has 0 N–H and O–H groups in total. The molecule has 0 bridgehead atoms. The van der Waals surface area contributed by atoms with Crippen LogP contribution in [-0.2, 0) is 0 Å². The van der Waals surface area contributed by atoms with Gasteiger partial charge in [-0.1, -0.05) is 11.6 Å². The molecule has 0 aromatic carbocycles. The number of aromatic nitrogens is 1. The van der Waals surface area contributed by atoms with Crippen LogP contribution in [0.1, 0.15) is 5.69 Å². The summed E-state index contributed by atoms with van der Waals surface area (Å²) in [6.45, 7) is 1.77. The Morgan fingerprint density at radius 2 is 2.36 bits per heavy atom. The minimum Gasteiger partial charge on any atom is -0.388 e. The van der Waals surface area contributed by atoms with E-state index in [0.717, 1.165) is 5.69 Å². The van der Waals surface area contributed by atoms with Crippen molar-refractivity contribution in [2.45, 2.75) is 6.92 Å². The smallest absolute Gasteiger partial charge is 0.292 e. The number of ether oxygens (including phenoxy) is 1. The van der Waals surface area contributed by atoms with Gasteiger partial charge in [0, 0.05) is 17.8 Å². The van der Waals surface area contributed by atoms with Crippen molar-refractivity contribution in [2.75, 3.05) is 0 Å². The highest BCUT2D eigenvalue weighted by atomic mass is 35.5. The molecule has 0 saturated heterocycles. The maximum Gasteiger partial charge on any atom is 0.292 e. The molecule has 0 aliphatic heterocycles. The van der Waals surface area contributed by atoms with Crippen molar-refractivity contribution >= 4 is 11.6 Å².